The molecule has 0 saturated heterocycles. The molecule has 0 aliphatic carbocycles. The highest BCUT2D eigenvalue weighted by atomic mass is 79.9. The van der Waals surface area contributed by atoms with Gasteiger partial charge in [0.25, 0.3) is 0 Å². The quantitative estimate of drug-likeness (QED) is 0.858. The maximum atomic E-state index is 10.0. The number of hydrogen-bond donors (Lipinski definition) is 2. The normalized spacial score (nSPS) is 12.6. The van der Waals surface area contributed by atoms with Gasteiger partial charge in [0.05, 0.1) is 6.10 Å². The van der Waals surface area contributed by atoms with E-state index in [0.29, 0.717) is 11.6 Å². The molecule has 96 valence electrons. The third kappa shape index (κ3) is 3.80. The highest BCUT2D eigenvalue weighted by Crippen LogP contribution is 2.22. The van der Waals surface area contributed by atoms with Crippen LogP contribution in [0.3, 0.4) is 0 Å². The molecular weight excluding hydrogens is 334 g/mol. The highest BCUT2D eigenvalue weighted by Gasteiger charge is 2.10. The third-order valence-electron chi connectivity index (χ3n) is 2.52. The van der Waals surface area contributed by atoms with Crippen molar-refractivity contribution in [2.24, 2.45) is 0 Å². The summed E-state index contributed by atoms with van der Waals surface area (Å²) in [5, 5.41) is 15.9. The summed E-state index contributed by atoms with van der Waals surface area (Å²) in [7, 11) is 0. The van der Waals surface area contributed by atoms with E-state index < -0.39 is 6.10 Å². The van der Waals surface area contributed by atoms with Crippen molar-refractivity contribution in [3.8, 4) is 0 Å². The van der Waals surface area contributed by atoms with Crippen LogP contribution in [0, 0.1) is 0 Å². The lowest BCUT2D eigenvalue weighted by Crippen LogP contribution is -2.20. The van der Waals surface area contributed by atoms with E-state index in [1.165, 1.54) is 4.88 Å². The van der Waals surface area contributed by atoms with Crippen LogP contribution in [-0.4, -0.2) is 11.7 Å². The molecule has 18 heavy (non-hydrogen) atoms. The second-order valence-electron chi connectivity index (χ2n) is 3.90. The highest BCUT2D eigenvalue weighted by molar-refractivity contribution is 9.10. The van der Waals surface area contributed by atoms with Crippen LogP contribution in [-0.2, 0) is 6.54 Å². The molecule has 1 heterocycles. The predicted molar refractivity (Wildman–Crippen MR) is 80.1 cm³/mol. The molecule has 2 N–H and O–H groups in total. The molecule has 1 aromatic carbocycles. The average molecular weight is 347 g/mol. The maximum Gasteiger partial charge on any atom is 0.0928 e. The largest absolute Gasteiger partial charge is 0.387 e. The first-order chi connectivity index (χ1) is 8.66. The monoisotopic (exact) mass is 345 g/mol. The van der Waals surface area contributed by atoms with Gasteiger partial charge >= 0.3 is 0 Å². The Balaban J connectivity index is 1.85. The summed E-state index contributed by atoms with van der Waals surface area (Å²) < 4.78 is 1.09. The lowest BCUT2D eigenvalue weighted by Gasteiger charge is -2.13. The van der Waals surface area contributed by atoms with Crippen LogP contribution >= 0.6 is 38.9 Å². The van der Waals surface area contributed by atoms with Crippen LogP contribution < -0.4 is 5.32 Å². The van der Waals surface area contributed by atoms with Gasteiger partial charge in [0.15, 0.2) is 0 Å². The second kappa shape index (κ2) is 6.68. The Kier molecular flexibility index (Phi) is 5.21. The summed E-state index contributed by atoms with van der Waals surface area (Å²) in [6.45, 7) is 1.23. The summed E-state index contributed by atoms with van der Waals surface area (Å²) in [5.41, 5.74) is 0.763. The Morgan fingerprint density at radius 2 is 2.17 bits per heavy atom. The topological polar surface area (TPSA) is 32.3 Å². The number of thiophene rings is 1. The van der Waals surface area contributed by atoms with Crippen molar-refractivity contribution in [1.82, 2.24) is 5.32 Å². The van der Waals surface area contributed by atoms with Crippen molar-refractivity contribution in [3.05, 3.63) is 55.6 Å². The SMILES string of the molecule is OC(CNCc1cc(Br)cs1)c1ccccc1Cl. The van der Waals surface area contributed by atoms with Crippen LogP contribution in [0.25, 0.3) is 0 Å². The van der Waals surface area contributed by atoms with E-state index in [9.17, 15) is 5.11 Å². The van der Waals surface area contributed by atoms with Gasteiger partial charge in [0.2, 0.25) is 0 Å². The minimum Gasteiger partial charge on any atom is -0.387 e. The van der Waals surface area contributed by atoms with Gasteiger partial charge in [0.1, 0.15) is 0 Å². The van der Waals surface area contributed by atoms with Crippen molar-refractivity contribution < 1.29 is 5.11 Å². The molecule has 0 saturated carbocycles. The Labute approximate surface area is 124 Å². The summed E-state index contributed by atoms with van der Waals surface area (Å²) >= 11 is 11.1. The number of hydrogen-bond acceptors (Lipinski definition) is 3. The number of nitrogens with one attached hydrogen (secondary N) is 1. The fraction of sp³-hybridized carbons (Fsp3) is 0.231. The van der Waals surface area contributed by atoms with Gasteiger partial charge in [0, 0.05) is 38.4 Å². The zero-order chi connectivity index (χ0) is 13.0. The van der Waals surface area contributed by atoms with Crippen LogP contribution in [0.4, 0.5) is 0 Å². The van der Waals surface area contributed by atoms with Gasteiger partial charge in [-0.05, 0) is 28.1 Å². The van der Waals surface area contributed by atoms with E-state index in [4.69, 9.17) is 11.6 Å². The molecule has 0 amide bonds. The summed E-state index contributed by atoms with van der Waals surface area (Å²) in [4.78, 5) is 1.23. The molecule has 0 aliphatic heterocycles. The molecule has 1 atom stereocenters. The zero-order valence-electron chi connectivity index (χ0n) is 9.57. The summed E-state index contributed by atoms with van der Waals surface area (Å²) in [6.07, 6.45) is -0.581. The first kappa shape index (κ1) is 14.0. The molecular formula is C13H13BrClNOS. The van der Waals surface area contributed by atoms with Crippen molar-refractivity contribution in [3.63, 3.8) is 0 Å². The van der Waals surface area contributed by atoms with E-state index in [1.807, 2.05) is 23.6 Å². The van der Waals surface area contributed by atoms with Gasteiger partial charge in [-0.25, -0.2) is 0 Å². The molecule has 0 spiro atoms. The predicted octanol–water partition coefficient (Wildman–Crippen LogP) is 3.99. The van der Waals surface area contributed by atoms with E-state index in [1.54, 1.807) is 17.4 Å². The standard InChI is InChI=1S/C13H13BrClNOS/c14-9-5-10(18-8-9)6-16-7-13(17)11-3-1-2-4-12(11)15/h1-5,8,13,16-17H,6-7H2. The van der Waals surface area contributed by atoms with E-state index in [2.05, 4.69) is 27.3 Å². The molecule has 2 rings (SSSR count). The van der Waals surface area contributed by atoms with Crippen LogP contribution in [0.2, 0.25) is 5.02 Å². The van der Waals surface area contributed by atoms with E-state index >= 15 is 0 Å². The van der Waals surface area contributed by atoms with Crippen LogP contribution in [0.15, 0.2) is 40.2 Å². The Morgan fingerprint density at radius 1 is 1.39 bits per heavy atom. The molecule has 0 radical (unpaired) electrons. The first-order valence-corrected chi connectivity index (χ1v) is 7.58. The minimum absolute atomic E-state index is 0.485. The number of rotatable bonds is 5. The molecule has 2 nitrogen and oxygen atoms in total. The minimum atomic E-state index is -0.581. The molecule has 5 heteroatoms. The lowest BCUT2D eigenvalue weighted by molar-refractivity contribution is 0.174. The smallest absolute Gasteiger partial charge is 0.0928 e. The Hall–Kier alpha value is -0.390. The second-order valence-corrected chi connectivity index (χ2v) is 6.22. The van der Waals surface area contributed by atoms with Gasteiger partial charge < -0.3 is 10.4 Å². The van der Waals surface area contributed by atoms with Crippen molar-refractivity contribution in [2.45, 2.75) is 12.6 Å². The lowest BCUT2D eigenvalue weighted by atomic mass is 10.1. The van der Waals surface area contributed by atoms with Crippen LogP contribution in [0.1, 0.15) is 16.5 Å². The molecule has 1 unspecified atom stereocenters. The van der Waals surface area contributed by atoms with Gasteiger partial charge in [-0.1, -0.05) is 29.8 Å². The number of aliphatic hydroxyl groups is 1. The number of aliphatic hydroxyl groups excluding tert-OH is 1. The molecule has 0 bridgehead atoms. The fourth-order valence-corrected chi connectivity index (χ4v) is 3.32. The van der Waals surface area contributed by atoms with Gasteiger partial charge in [-0.3, -0.25) is 0 Å². The first-order valence-electron chi connectivity index (χ1n) is 5.53. The van der Waals surface area contributed by atoms with Gasteiger partial charge in [-0.15, -0.1) is 11.3 Å². The number of halogens is 2. The van der Waals surface area contributed by atoms with Crippen molar-refractivity contribution in [1.29, 1.82) is 0 Å². The Morgan fingerprint density at radius 3 is 2.83 bits per heavy atom. The number of benzene rings is 1. The molecule has 0 fully saturated rings. The maximum absolute atomic E-state index is 10.0. The molecule has 2 aromatic rings. The van der Waals surface area contributed by atoms with E-state index in [0.717, 1.165) is 16.6 Å². The third-order valence-corrected chi connectivity index (χ3v) is 4.56. The van der Waals surface area contributed by atoms with Crippen molar-refractivity contribution >= 4 is 38.9 Å². The van der Waals surface area contributed by atoms with Crippen LogP contribution in [0.5, 0.6) is 0 Å². The summed E-state index contributed by atoms with van der Waals surface area (Å²) in [6, 6.07) is 9.43. The zero-order valence-corrected chi connectivity index (χ0v) is 12.7. The van der Waals surface area contributed by atoms with Gasteiger partial charge in [-0.2, -0.15) is 0 Å². The summed E-state index contributed by atoms with van der Waals surface area (Å²) in [5.74, 6) is 0. The molecule has 1 aromatic heterocycles. The average Bonchev–Trinajstić information content (AvgIpc) is 2.75. The molecule has 0 aliphatic rings. The fourth-order valence-electron chi connectivity index (χ4n) is 1.63. The van der Waals surface area contributed by atoms with Crippen molar-refractivity contribution in [2.75, 3.05) is 6.54 Å². The Bertz CT molecular complexity index is 517. The van der Waals surface area contributed by atoms with E-state index in [-0.39, 0.29) is 0 Å².